The summed E-state index contributed by atoms with van der Waals surface area (Å²) < 4.78 is 24.9. The van der Waals surface area contributed by atoms with Crippen molar-refractivity contribution in [2.75, 3.05) is 18.8 Å². The van der Waals surface area contributed by atoms with Gasteiger partial charge in [0.1, 0.15) is 0 Å². The molecule has 176 valence electrons. The normalized spacial score (nSPS) is 21.8. The van der Waals surface area contributed by atoms with Crippen LogP contribution in [0.25, 0.3) is 6.08 Å². The van der Waals surface area contributed by atoms with Gasteiger partial charge in [0, 0.05) is 30.6 Å². The SMILES string of the molecule is CCS(=O)(=O)NC(=O)/C=C/c1ccc(CN2CCC(N[C@@H]3CC3c3ccccc3)CC2)cc1. The third-order valence-corrected chi connectivity index (χ3v) is 7.78. The maximum atomic E-state index is 11.7. The smallest absolute Gasteiger partial charge is 0.257 e. The third-order valence-electron chi connectivity index (χ3n) is 6.50. The van der Waals surface area contributed by atoms with Crippen LogP contribution in [0, 0.1) is 0 Å². The highest BCUT2D eigenvalue weighted by Crippen LogP contribution is 2.41. The molecule has 0 aromatic heterocycles. The van der Waals surface area contributed by atoms with E-state index in [0.717, 1.165) is 25.2 Å². The molecule has 4 rings (SSSR count). The molecule has 0 radical (unpaired) electrons. The Balaban J connectivity index is 1.18. The molecule has 1 aliphatic carbocycles. The number of amides is 1. The maximum Gasteiger partial charge on any atom is 0.257 e. The molecule has 6 nitrogen and oxygen atoms in total. The lowest BCUT2D eigenvalue weighted by atomic mass is 10.0. The molecule has 1 saturated heterocycles. The minimum atomic E-state index is -3.53. The lowest BCUT2D eigenvalue weighted by Crippen LogP contribution is -2.43. The number of piperidine rings is 1. The van der Waals surface area contributed by atoms with Crippen LogP contribution in [0.1, 0.15) is 48.8 Å². The Kier molecular flexibility index (Phi) is 7.63. The van der Waals surface area contributed by atoms with Crippen LogP contribution < -0.4 is 10.0 Å². The van der Waals surface area contributed by atoms with Gasteiger partial charge in [-0.05, 0) is 62.0 Å². The van der Waals surface area contributed by atoms with E-state index in [1.807, 2.05) is 16.9 Å². The number of rotatable bonds is 9. The highest BCUT2D eigenvalue weighted by atomic mass is 32.2. The quantitative estimate of drug-likeness (QED) is 0.554. The largest absolute Gasteiger partial charge is 0.311 e. The molecule has 2 N–H and O–H groups in total. The molecule has 1 saturated carbocycles. The van der Waals surface area contributed by atoms with Gasteiger partial charge in [0.25, 0.3) is 5.91 Å². The van der Waals surface area contributed by atoms with E-state index in [-0.39, 0.29) is 5.75 Å². The van der Waals surface area contributed by atoms with E-state index in [9.17, 15) is 13.2 Å². The second kappa shape index (κ2) is 10.6. The molecule has 33 heavy (non-hydrogen) atoms. The van der Waals surface area contributed by atoms with Gasteiger partial charge < -0.3 is 5.32 Å². The lowest BCUT2D eigenvalue weighted by molar-refractivity contribution is -0.114. The molecule has 1 aliphatic heterocycles. The number of nitrogens with one attached hydrogen (secondary N) is 2. The molecule has 2 aromatic rings. The zero-order valence-electron chi connectivity index (χ0n) is 19.1. The van der Waals surface area contributed by atoms with Crippen LogP contribution in [-0.4, -0.2) is 50.2 Å². The fourth-order valence-corrected chi connectivity index (χ4v) is 4.95. The third kappa shape index (κ3) is 7.00. The van der Waals surface area contributed by atoms with Gasteiger partial charge in [-0.15, -0.1) is 0 Å². The predicted octanol–water partition coefficient (Wildman–Crippen LogP) is 3.28. The molecular weight excluding hydrogens is 434 g/mol. The first-order valence-electron chi connectivity index (χ1n) is 11.8. The van der Waals surface area contributed by atoms with Crippen molar-refractivity contribution in [3.63, 3.8) is 0 Å². The average molecular weight is 468 g/mol. The number of carbonyl (C=O) groups is 1. The number of carbonyl (C=O) groups excluding carboxylic acids is 1. The molecule has 2 fully saturated rings. The first-order valence-corrected chi connectivity index (χ1v) is 13.4. The number of likely N-dealkylation sites (tertiary alicyclic amines) is 1. The minimum absolute atomic E-state index is 0.122. The molecule has 0 spiro atoms. The Hall–Kier alpha value is -2.48. The zero-order valence-corrected chi connectivity index (χ0v) is 19.9. The number of sulfonamides is 1. The molecule has 2 atom stereocenters. The van der Waals surface area contributed by atoms with Crippen molar-refractivity contribution in [2.24, 2.45) is 0 Å². The van der Waals surface area contributed by atoms with Crippen molar-refractivity contribution in [3.05, 3.63) is 77.4 Å². The Morgan fingerprint density at radius 1 is 1.06 bits per heavy atom. The maximum absolute atomic E-state index is 11.7. The van der Waals surface area contributed by atoms with Gasteiger partial charge in [-0.25, -0.2) is 13.1 Å². The molecule has 1 amide bonds. The van der Waals surface area contributed by atoms with Crippen molar-refractivity contribution >= 4 is 22.0 Å². The minimum Gasteiger partial charge on any atom is -0.311 e. The summed E-state index contributed by atoms with van der Waals surface area (Å²) in [5.74, 6) is -0.0683. The number of hydrogen-bond donors (Lipinski definition) is 2. The molecule has 1 unspecified atom stereocenters. The summed E-state index contributed by atoms with van der Waals surface area (Å²) in [5, 5.41) is 3.87. The molecular formula is C26H33N3O3S. The monoisotopic (exact) mass is 467 g/mol. The van der Waals surface area contributed by atoms with Crippen LogP contribution in [0.2, 0.25) is 0 Å². The van der Waals surface area contributed by atoms with Crippen LogP contribution in [-0.2, 0) is 21.4 Å². The summed E-state index contributed by atoms with van der Waals surface area (Å²) in [6.45, 7) is 4.59. The molecule has 0 bridgehead atoms. The van der Waals surface area contributed by atoms with Crippen molar-refractivity contribution in [2.45, 2.75) is 50.7 Å². The fraction of sp³-hybridized carbons (Fsp3) is 0.423. The molecule has 1 heterocycles. The van der Waals surface area contributed by atoms with E-state index < -0.39 is 15.9 Å². The number of nitrogens with zero attached hydrogens (tertiary/aromatic N) is 1. The summed E-state index contributed by atoms with van der Waals surface area (Å²) in [6.07, 6.45) is 6.48. The van der Waals surface area contributed by atoms with Gasteiger partial charge in [-0.1, -0.05) is 54.6 Å². The van der Waals surface area contributed by atoms with Gasteiger partial charge in [-0.3, -0.25) is 9.69 Å². The summed E-state index contributed by atoms with van der Waals surface area (Å²) in [6, 6.07) is 20.1. The fourth-order valence-electron chi connectivity index (χ4n) is 4.43. The summed E-state index contributed by atoms with van der Waals surface area (Å²) in [4.78, 5) is 14.2. The van der Waals surface area contributed by atoms with Crippen LogP contribution in [0.3, 0.4) is 0 Å². The number of benzene rings is 2. The Labute approximate surface area is 197 Å². The van der Waals surface area contributed by atoms with Crippen LogP contribution in [0.4, 0.5) is 0 Å². The topological polar surface area (TPSA) is 78.5 Å². The Morgan fingerprint density at radius 2 is 1.76 bits per heavy atom. The zero-order chi connectivity index (χ0) is 23.3. The van der Waals surface area contributed by atoms with E-state index in [1.54, 1.807) is 6.08 Å². The first-order chi connectivity index (χ1) is 15.9. The molecule has 2 aromatic carbocycles. The average Bonchev–Trinajstić information content (AvgIpc) is 3.59. The second-order valence-electron chi connectivity index (χ2n) is 9.02. The molecule has 2 aliphatic rings. The summed E-state index contributed by atoms with van der Waals surface area (Å²) in [5.41, 5.74) is 3.56. The van der Waals surface area contributed by atoms with Gasteiger partial charge >= 0.3 is 0 Å². The second-order valence-corrected chi connectivity index (χ2v) is 11.0. The Bertz CT molecular complexity index is 1060. The van der Waals surface area contributed by atoms with Gasteiger partial charge in [0.2, 0.25) is 10.0 Å². The van der Waals surface area contributed by atoms with Gasteiger partial charge in [-0.2, -0.15) is 0 Å². The predicted molar refractivity (Wildman–Crippen MR) is 132 cm³/mol. The van der Waals surface area contributed by atoms with Gasteiger partial charge in [0.15, 0.2) is 0 Å². The van der Waals surface area contributed by atoms with Crippen molar-refractivity contribution in [1.29, 1.82) is 0 Å². The van der Waals surface area contributed by atoms with Crippen molar-refractivity contribution in [1.82, 2.24) is 14.9 Å². The van der Waals surface area contributed by atoms with E-state index in [4.69, 9.17) is 0 Å². The Morgan fingerprint density at radius 3 is 2.42 bits per heavy atom. The number of hydrogen-bond acceptors (Lipinski definition) is 5. The lowest BCUT2D eigenvalue weighted by Gasteiger charge is -2.32. The van der Waals surface area contributed by atoms with Crippen LogP contribution in [0.15, 0.2) is 60.7 Å². The van der Waals surface area contributed by atoms with E-state index in [0.29, 0.717) is 18.0 Å². The highest BCUT2D eigenvalue weighted by molar-refractivity contribution is 7.90. The van der Waals surface area contributed by atoms with Crippen LogP contribution >= 0.6 is 0 Å². The summed E-state index contributed by atoms with van der Waals surface area (Å²) >= 11 is 0. The van der Waals surface area contributed by atoms with Crippen molar-refractivity contribution < 1.29 is 13.2 Å². The molecule has 7 heteroatoms. The van der Waals surface area contributed by atoms with Crippen molar-refractivity contribution in [3.8, 4) is 0 Å². The first kappa shape index (κ1) is 23.7. The highest BCUT2D eigenvalue weighted by Gasteiger charge is 2.39. The van der Waals surface area contributed by atoms with E-state index >= 15 is 0 Å². The van der Waals surface area contributed by atoms with Gasteiger partial charge in [0.05, 0.1) is 5.75 Å². The van der Waals surface area contributed by atoms with E-state index in [2.05, 4.69) is 52.7 Å². The van der Waals surface area contributed by atoms with Crippen LogP contribution in [0.5, 0.6) is 0 Å². The van der Waals surface area contributed by atoms with E-state index in [1.165, 1.54) is 43.4 Å². The summed E-state index contributed by atoms with van der Waals surface area (Å²) in [7, 11) is -3.53. The standard InChI is InChI=1S/C26H33N3O3S/c1-2-33(31,32)28-26(30)13-12-20-8-10-21(11-9-20)19-29-16-14-23(15-17-29)27-25-18-24(25)22-6-4-3-5-7-22/h3-13,23-25,27H,2,14-19H2,1H3,(H,28,30)/b13-12+/t24?,25-/m1/s1.